The first-order valence-corrected chi connectivity index (χ1v) is 6.13. The SMILES string of the molecule is CCCC(N)Cc1cccc(OC(C)C)c1. The lowest BCUT2D eigenvalue weighted by Crippen LogP contribution is -2.22. The summed E-state index contributed by atoms with van der Waals surface area (Å²) in [6, 6.07) is 8.50. The Labute approximate surface area is 98.8 Å². The molecule has 0 bridgehead atoms. The van der Waals surface area contributed by atoms with Gasteiger partial charge in [-0.05, 0) is 44.4 Å². The quantitative estimate of drug-likeness (QED) is 0.801. The molecule has 0 radical (unpaired) electrons. The highest BCUT2D eigenvalue weighted by Gasteiger charge is 2.04. The minimum Gasteiger partial charge on any atom is -0.491 e. The third-order valence-corrected chi connectivity index (χ3v) is 2.43. The van der Waals surface area contributed by atoms with Gasteiger partial charge in [0.2, 0.25) is 0 Å². The predicted molar refractivity (Wildman–Crippen MR) is 68.8 cm³/mol. The van der Waals surface area contributed by atoms with E-state index in [-0.39, 0.29) is 12.1 Å². The second-order valence-electron chi connectivity index (χ2n) is 4.57. The molecule has 16 heavy (non-hydrogen) atoms. The summed E-state index contributed by atoms with van der Waals surface area (Å²) in [6.07, 6.45) is 3.38. The third kappa shape index (κ3) is 4.67. The molecule has 0 aromatic heterocycles. The molecule has 2 N–H and O–H groups in total. The number of nitrogens with two attached hydrogens (primary N) is 1. The van der Waals surface area contributed by atoms with E-state index in [2.05, 4.69) is 19.1 Å². The van der Waals surface area contributed by atoms with E-state index in [4.69, 9.17) is 10.5 Å². The molecule has 2 heteroatoms. The maximum absolute atomic E-state index is 6.03. The van der Waals surface area contributed by atoms with E-state index >= 15 is 0 Å². The fraction of sp³-hybridized carbons (Fsp3) is 0.571. The fourth-order valence-electron chi connectivity index (χ4n) is 1.79. The van der Waals surface area contributed by atoms with Gasteiger partial charge in [-0.1, -0.05) is 25.5 Å². The minimum absolute atomic E-state index is 0.222. The molecule has 1 aromatic carbocycles. The topological polar surface area (TPSA) is 35.2 Å². The first-order valence-electron chi connectivity index (χ1n) is 6.13. The zero-order valence-electron chi connectivity index (χ0n) is 10.6. The monoisotopic (exact) mass is 221 g/mol. The Bertz CT molecular complexity index is 309. The number of benzene rings is 1. The van der Waals surface area contributed by atoms with Crippen LogP contribution < -0.4 is 10.5 Å². The summed E-state index contributed by atoms with van der Waals surface area (Å²) in [5.74, 6) is 0.941. The molecule has 0 spiro atoms. The van der Waals surface area contributed by atoms with Crippen LogP contribution in [0.3, 0.4) is 0 Å². The lowest BCUT2D eigenvalue weighted by atomic mass is 10.0. The van der Waals surface area contributed by atoms with Crippen LogP contribution in [0.2, 0.25) is 0 Å². The van der Waals surface area contributed by atoms with Crippen LogP contribution >= 0.6 is 0 Å². The smallest absolute Gasteiger partial charge is 0.119 e. The van der Waals surface area contributed by atoms with Crippen molar-refractivity contribution in [2.45, 2.75) is 52.2 Å². The Kier molecular flexibility index (Phi) is 5.33. The van der Waals surface area contributed by atoms with E-state index < -0.39 is 0 Å². The first kappa shape index (κ1) is 13.0. The van der Waals surface area contributed by atoms with Crippen LogP contribution in [0.5, 0.6) is 5.75 Å². The summed E-state index contributed by atoms with van der Waals surface area (Å²) >= 11 is 0. The standard InChI is InChI=1S/C14H23NO/c1-4-6-13(15)9-12-7-5-8-14(10-12)16-11(2)3/h5,7-8,10-11,13H,4,6,9,15H2,1-3H3. The van der Waals surface area contributed by atoms with Crippen LogP contribution in [0.1, 0.15) is 39.2 Å². The van der Waals surface area contributed by atoms with Gasteiger partial charge in [0.25, 0.3) is 0 Å². The Balaban J connectivity index is 2.59. The molecule has 1 atom stereocenters. The summed E-state index contributed by atoms with van der Waals surface area (Å²) in [6.45, 7) is 6.24. The molecule has 90 valence electrons. The Morgan fingerprint density at radius 3 is 2.69 bits per heavy atom. The minimum atomic E-state index is 0.222. The van der Waals surface area contributed by atoms with E-state index in [1.807, 2.05) is 26.0 Å². The van der Waals surface area contributed by atoms with Crippen LogP contribution in [0, 0.1) is 0 Å². The van der Waals surface area contributed by atoms with Gasteiger partial charge < -0.3 is 10.5 Å². The molecule has 0 aliphatic carbocycles. The molecule has 0 aliphatic rings. The largest absolute Gasteiger partial charge is 0.491 e. The highest BCUT2D eigenvalue weighted by atomic mass is 16.5. The number of hydrogen-bond acceptors (Lipinski definition) is 2. The van der Waals surface area contributed by atoms with Gasteiger partial charge >= 0.3 is 0 Å². The molecule has 1 aromatic rings. The second-order valence-corrected chi connectivity index (χ2v) is 4.57. The molecule has 0 amide bonds. The highest BCUT2D eigenvalue weighted by molar-refractivity contribution is 5.29. The Hall–Kier alpha value is -1.02. The van der Waals surface area contributed by atoms with Gasteiger partial charge in [0.1, 0.15) is 5.75 Å². The summed E-state index contributed by atoms with van der Waals surface area (Å²) < 4.78 is 5.66. The summed E-state index contributed by atoms with van der Waals surface area (Å²) in [4.78, 5) is 0. The fourth-order valence-corrected chi connectivity index (χ4v) is 1.79. The Morgan fingerprint density at radius 2 is 2.06 bits per heavy atom. The molecule has 0 aliphatic heterocycles. The average Bonchev–Trinajstić information content (AvgIpc) is 2.17. The zero-order valence-corrected chi connectivity index (χ0v) is 10.6. The van der Waals surface area contributed by atoms with Crippen LogP contribution in [0.4, 0.5) is 0 Å². The Morgan fingerprint density at radius 1 is 1.31 bits per heavy atom. The van der Waals surface area contributed by atoms with Gasteiger partial charge in [-0.15, -0.1) is 0 Å². The van der Waals surface area contributed by atoms with Crippen molar-refractivity contribution in [3.63, 3.8) is 0 Å². The van der Waals surface area contributed by atoms with Gasteiger partial charge in [0, 0.05) is 6.04 Å². The van der Waals surface area contributed by atoms with Crippen LogP contribution in [-0.2, 0) is 6.42 Å². The first-order chi connectivity index (χ1) is 7.61. The highest BCUT2D eigenvalue weighted by Crippen LogP contribution is 2.16. The number of rotatable bonds is 6. The zero-order chi connectivity index (χ0) is 12.0. The number of ether oxygens (including phenoxy) is 1. The molecular weight excluding hydrogens is 198 g/mol. The third-order valence-electron chi connectivity index (χ3n) is 2.43. The van der Waals surface area contributed by atoms with Crippen molar-refractivity contribution in [1.82, 2.24) is 0 Å². The van der Waals surface area contributed by atoms with Crippen molar-refractivity contribution >= 4 is 0 Å². The molecule has 0 fully saturated rings. The van der Waals surface area contributed by atoms with Crippen molar-refractivity contribution in [2.24, 2.45) is 5.73 Å². The van der Waals surface area contributed by atoms with E-state index in [1.165, 1.54) is 5.56 Å². The molecule has 1 rings (SSSR count). The van der Waals surface area contributed by atoms with Gasteiger partial charge in [-0.2, -0.15) is 0 Å². The summed E-state index contributed by atoms with van der Waals surface area (Å²) in [7, 11) is 0. The van der Waals surface area contributed by atoms with E-state index in [9.17, 15) is 0 Å². The molecular formula is C14H23NO. The van der Waals surface area contributed by atoms with Crippen LogP contribution in [-0.4, -0.2) is 12.1 Å². The predicted octanol–water partition coefficient (Wildman–Crippen LogP) is 3.14. The lowest BCUT2D eigenvalue weighted by molar-refractivity contribution is 0.242. The van der Waals surface area contributed by atoms with Crippen molar-refractivity contribution in [2.75, 3.05) is 0 Å². The van der Waals surface area contributed by atoms with Crippen molar-refractivity contribution in [3.05, 3.63) is 29.8 Å². The van der Waals surface area contributed by atoms with Gasteiger partial charge in [-0.25, -0.2) is 0 Å². The van der Waals surface area contributed by atoms with Crippen molar-refractivity contribution < 1.29 is 4.74 Å². The summed E-state index contributed by atoms with van der Waals surface area (Å²) in [5.41, 5.74) is 7.29. The molecule has 1 unspecified atom stereocenters. The van der Waals surface area contributed by atoms with Gasteiger partial charge in [0.05, 0.1) is 6.10 Å². The normalized spacial score (nSPS) is 12.8. The van der Waals surface area contributed by atoms with E-state index in [0.29, 0.717) is 0 Å². The summed E-state index contributed by atoms with van der Waals surface area (Å²) in [5, 5.41) is 0. The molecule has 2 nitrogen and oxygen atoms in total. The average molecular weight is 221 g/mol. The number of hydrogen-bond donors (Lipinski definition) is 1. The van der Waals surface area contributed by atoms with Crippen molar-refractivity contribution in [1.29, 1.82) is 0 Å². The molecule has 0 heterocycles. The second kappa shape index (κ2) is 6.54. The van der Waals surface area contributed by atoms with Crippen LogP contribution in [0.25, 0.3) is 0 Å². The maximum atomic E-state index is 6.03. The van der Waals surface area contributed by atoms with Gasteiger partial charge in [0.15, 0.2) is 0 Å². The lowest BCUT2D eigenvalue weighted by Gasteiger charge is -2.13. The van der Waals surface area contributed by atoms with E-state index in [1.54, 1.807) is 0 Å². The van der Waals surface area contributed by atoms with E-state index in [0.717, 1.165) is 25.0 Å². The van der Waals surface area contributed by atoms with Gasteiger partial charge in [-0.3, -0.25) is 0 Å². The molecule has 0 saturated carbocycles. The van der Waals surface area contributed by atoms with Crippen LogP contribution in [0.15, 0.2) is 24.3 Å². The maximum Gasteiger partial charge on any atom is 0.119 e. The molecule has 0 saturated heterocycles. The van der Waals surface area contributed by atoms with Crippen molar-refractivity contribution in [3.8, 4) is 5.75 Å².